The van der Waals surface area contributed by atoms with E-state index in [9.17, 15) is 5.21 Å². The van der Waals surface area contributed by atoms with Crippen LogP contribution in [0.15, 0.2) is 0 Å². The fourth-order valence-electron chi connectivity index (χ4n) is 1.34. The van der Waals surface area contributed by atoms with Gasteiger partial charge in [-0.2, -0.15) is 0 Å². The Bertz CT molecular complexity index is 94.7. The highest BCUT2D eigenvalue weighted by Crippen LogP contribution is 2.40. The summed E-state index contributed by atoms with van der Waals surface area (Å²) in [5, 5.41) is 11.5. The van der Waals surface area contributed by atoms with Gasteiger partial charge in [-0.1, -0.05) is 0 Å². The predicted molar refractivity (Wildman–Crippen MR) is 31.2 cm³/mol. The highest BCUT2D eigenvalue weighted by atomic mass is 16.5. The minimum atomic E-state index is 0.785. The lowest BCUT2D eigenvalue weighted by Crippen LogP contribution is -2.43. The van der Waals surface area contributed by atoms with Crippen molar-refractivity contribution in [2.75, 3.05) is 13.1 Å². The van der Waals surface area contributed by atoms with Crippen molar-refractivity contribution in [1.29, 1.82) is 0 Å². The minimum Gasteiger partial charge on any atom is -0.785 e. The molecule has 1 heterocycles. The van der Waals surface area contributed by atoms with Gasteiger partial charge < -0.3 is 10.3 Å². The maximum Gasteiger partial charge on any atom is -0.0101 e. The molecule has 0 radical (unpaired) electrons. The lowest BCUT2D eigenvalue weighted by molar-refractivity contribution is 0.141. The molecule has 0 aromatic rings. The molecule has 8 heavy (non-hydrogen) atoms. The first-order valence-electron chi connectivity index (χ1n) is 3.28. The molecular formula is C6H10NO-. The van der Waals surface area contributed by atoms with Gasteiger partial charge in [-0.25, -0.2) is 0 Å². The average molecular weight is 112 g/mol. The highest BCUT2D eigenvalue weighted by molar-refractivity contribution is 4.91. The molecule has 0 aromatic carbocycles. The molecule has 2 heteroatoms. The van der Waals surface area contributed by atoms with E-state index in [1.807, 2.05) is 0 Å². The third kappa shape index (κ3) is 0.644. The number of nitrogens with zero attached hydrogens (tertiary/aromatic N) is 1. The molecule has 1 saturated heterocycles. The Hall–Kier alpha value is -0.0800. The van der Waals surface area contributed by atoms with Crippen LogP contribution in [0.5, 0.6) is 0 Å². The average Bonchev–Trinajstić information content (AvgIpc) is 2.37. The first kappa shape index (κ1) is 4.77. The summed E-state index contributed by atoms with van der Waals surface area (Å²) in [6.45, 7) is 1.65. The number of hydrogen-bond donors (Lipinski definition) is 0. The normalized spacial score (nSPS) is 32.6. The summed E-state index contributed by atoms with van der Waals surface area (Å²) >= 11 is 0. The predicted octanol–water partition coefficient (Wildman–Crippen LogP) is 0.826. The molecule has 1 saturated carbocycles. The Morgan fingerprint density at radius 3 is 2.12 bits per heavy atom. The van der Waals surface area contributed by atoms with Gasteiger partial charge in [0.1, 0.15) is 0 Å². The van der Waals surface area contributed by atoms with Crippen LogP contribution in [-0.4, -0.2) is 18.2 Å². The molecule has 0 bridgehead atoms. The van der Waals surface area contributed by atoms with Crippen molar-refractivity contribution in [2.45, 2.75) is 12.8 Å². The molecular weight excluding hydrogens is 102 g/mol. The second-order valence-electron chi connectivity index (χ2n) is 2.94. The fourth-order valence-corrected chi connectivity index (χ4v) is 1.34. The standard InChI is InChI=1S/C6H10NO/c8-7-3-6(4-7)5-1-2-5/h5-6H,1-4H2/q-1. The second kappa shape index (κ2) is 1.45. The molecule has 0 N–H and O–H groups in total. The molecule has 0 spiro atoms. The van der Waals surface area contributed by atoms with Crippen molar-refractivity contribution in [2.24, 2.45) is 11.8 Å². The third-order valence-electron chi connectivity index (χ3n) is 2.16. The zero-order valence-electron chi connectivity index (χ0n) is 4.84. The van der Waals surface area contributed by atoms with Crippen LogP contribution in [0.4, 0.5) is 0 Å². The molecule has 0 amide bonds. The van der Waals surface area contributed by atoms with E-state index in [1.165, 1.54) is 12.8 Å². The quantitative estimate of drug-likeness (QED) is 0.502. The molecule has 2 rings (SSSR count). The van der Waals surface area contributed by atoms with E-state index < -0.39 is 0 Å². The van der Waals surface area contributed by atoms with Crippen LogP contribution in [0, 0.1) is 17.0 Å². The van der Waals surface area contributed by atoms with Crippen LogP contribution >= 0.6 is 0 Å². The lowest BCUT2D eigenvalue weighted by atomic mass is 9.97. The lowest BCUT2D eigenvalue weighted by Gasteiger charge is -2.44. The molecule has 1 aliphatic heterocycles. The van der Waals surface area contributed by atoms with E-state index in [4.69, 9.17) is 0 Å². The zero-order chi connectivity index (χ0) is 5.56. The summed E-state index contributed by atoms with van der Waals surface area (Å²) in [4.78, 5) is 0. The van der Waals surface area contributed by atoms with Crippen LogP contribution in [0.2, 0.25) is 0 Å². The maximum absolute atomic E-state index is 10.4. The summed E-state index contributed by atoms with van der Waals surface area (Å²) in [7, 11) is 0. The molecule has 1 aliphatic carbocycles. The van der Waals surface area contributed by atoms with E-state index in [0.29, 0.717) is 0 Å². The Kier molecular flexibility index (Phi) is 0.866. The SMILES string of the molecule is [O-]N1CC(C2CC2)C1. The summed E-state index contributed by atoms with van der Waals surface area (Å²) in [6.07, 6.45) is 2.77. The monoisotopic (exact) mass is 112 g/mol. The van der Waals surface area contributed by atoms with E-state index in [0.717, 1.165) is 30.0 Å². The van der Waals surface area contributed by atoms with Gasteiger partial charge in [0, 0.05) is 0 Å². The number of rotatable bonds is 1. The smallest absolute Gasteiger partial charge is 0.0101 e. The molecule has 2 aliphatic rings. The van der Waals surface area contributed by atoms with Gasteiger partial charge >= 0.3 is 0 Å². The number of hydroxylamine groups is 2. The van der Waals surface area contributed by atoms with Gasteiger partial charge in [-0.05, 0) is 37.8 Å². The second-order valence-corrected chi connectivity index (χ2v) is 2.94. The van der Waals surface area contributed by atoms with E-state index in [-0.39, 0.29) is 0 Å². The Morgan fingerprint density at radius 1 is 1.12 bits per heavy atom. The van der Waals surface area contributed by atoms with Crippen molar-refractivity contribution < 1.29 is 0 Å². The summed E-state index contributed by atoms with van der Waals surface area (Å²) in [5.74, 6) is 1.73. The number of hydrogen-bond acceptors (Lipinski definition) is 2. The van der Waals surface area contributed by atoms with Crippen molar-refractivity contribution in [3.8, 4) is 0 Å². The Balaban J connectivity index is 1.78. The highest BCUT2D eigenvalue weighted by Gasteiger charge is 2.35. The molecule has 2 fully saturated rings. The molecule has 0 unspecified atom stereocenters. The third-order valence-corrected chi connectivity index (χ3v) is 2.16. The summed E-state index contributed by atoms with van der Waals surface area (Å²) in [6, 6.07) is 0. The van der Waals surface area contributed by atoms with Gasteiger partial charge in [0.05, 0.1) is 0 Å². The fraction of sp³-hybridized carbons (Fsp3) is 1.00. The first-order chi connectivity index (χ1) is 3.86. The van der Waals surface area contributed by atoms with Gasteiger partial charge in [-0.3, -0.25) is 0 Å². The van der Waals surface area contributed by atoms with Gasteiger partial charge in [0.25, 0.3) is 0 Å². The van der Waals surface area contributed by atoms with Crippen molar-refractivity contribution in [1.82, 2.24) is 5.06 Å². The zero-order valence-corrected chi connectivity index (χ0v) is 4.84. The molecule has 46 valence electrons. The summed E-state index contributed by atoms with van der Waals surface area (Å²) < 4.78 is 0. The van der Waals surface area contributed by atoms with Crippen molar-refractivity contribution in [3.05, 3.63) is 5.21 Å². The minimum absolute atomic E-state index is 0.785. The summed E-state index contributed by atoms with van der Waals surface area (Å²) in [5.41, 5.74) is 0. The van der Waals surface area contributed by atoms with Crippen LogP contribution in [0.25, 0.3) is 0 Å². The molecule has 0 aromatic heterocycles. The largest absolute Gasteiger partial charge is 0.785 e. The van der Waals surface area contributed by atoms with Gasteiger partial charge in [-0.15, -0.1) is 0 Å². The van der Waals surface area contributed by atoms with E-state index >= 15 is 0 Å². The Labute approximate surface area is 49.1 Å². The van der Waals surface area contributed by atoms with Crippen LogP contribution in [-0.2, 0) is 0 Å². The Morgan fingerprint density at radius 2 is 1.75 bits per heavy atom. The topological polar surface area (TPSA) is 26.3 Å². The van der Waals surface area contributed by atoms with Gasteiger partial charge in [0.15, 0.2) is 0 Å². The van der Waals surface area contributed by atoms with Crippen LogP contribution in [0.3, 0.4) is 0 Å². The maximum atomic E-state index is 10.4. The first-order valence-corrected chi connectivity index (χ1v) is 3.28. The van der Waals surface area contributed by atoms with E-state index in [1.54, 1.807) is 0 Å². The molecule has 2 nitrogen and oxygen atoms in total. The van der Waals surface area contributed by atoms with Crippen molar-refractivity contribution in [3.63, 3.8) is 0 Å². The van der Waals surface area contributed by atoms with Gasteiger partial charge in [0.2, 0.25) is 0 Å². The van der Waals surface area contributed by atoms with E-state index in [2.05, 4.69) is 0 Å². The van der Waals surface area contributed by atoms with Crippen LogP contribution in [0.1, 0.15) is 12.8 Å². The van der Waals surface area contributed by atoms with Crippen LogP contribution < -0.4 is 0 Å². The van der Waals surface area contributed by atoms with Crippen molar-refractivity contribution >= 4 is 0 Å². The molecule has 0 atom stereocenters.